The SMILES string of the molecule is O=C(C1CCS(=O)(=O)C1)N1CCCCCC1/C=C/c1ccccc1. The third kappa shape index (κ3) is 4.26. The second-order valence-electron chi connectivity index (χ2n) is 6.82. The van der Waals surface area contributed by atoms with Crippen molar-refractivity contribution >= 4 is 21.8 Å². The van der Waals surface area contributed by atoms with E-state index in [2.05, 4.69) is 12.2 Å². The number of sulfone groups is 1. The third-order valence-electron chi connectivity index (χ3n) is 4.97. The standard InChI is InChI=1S/C19H25NO3S/c21-19(17-12-14-24(22,23)15-17)20-13-6-2-5-9-18(20)11-10-16-7-3-1-4-8-16/h1,3-4,7-8,10-11,17-18H,2,5-6,9,12-15H2/b11-10+. The molecule has 0 saturated carbocycles. The number of hydrogen-bond donors (Lipinski definition) is 0. The average molecular weight is 347 g/mol. The highest BCUT2D eigenvalue weighted by molar-refractivity contribution is 7.91. The molecule has 2 fully saturated rings. The molecule has 5 heteroatoms. The molecule has 1 amide bonds. The summed E-state index contributed by atoms with van der Waals surface area (Å²) in [4.78, 5) is 14.8. The maximum atomic E-state index is 12.9. The first-order valence-corrected chi connectivity index (χ1v) is 10.6. The summed E-state index contributed by atoms with van der Waals surface area (Å²) in [6.45, 7) is 0.735. The Morgan fingerprint density at radius 2 is 1.88 bits per heavy atom. The van der Waals surface area contributed by atoms with Crippen molar-refractivity contribution in [3.05, 3.63) is 42.0 Å². The van der Waals surface area contributed by atoms with Gasteiger partial charge < -0.3 is 4.90 Å². The summed E-state index contributed by atoms with van der Waals surface area (Å²) >= 11 is 0. The minimum Gasteiger partial charge on any atom is -0.336 e. The molecule has 2 saturated heterocycles. The minimum atomic E-state index is -3.03. The number of hydrogen-bond acceptors (Lipinski definition) is 3. The predicted molar refractivity (Wildman–Crippen MR) is 96.2 cm³/mol. The van der Waals surface area contributed by atoms with E-state index in [1.54, 1.807) is 0 Å². The van der Waals surface area contributed by atoms with Gasteiger partial charge in [0.25, 0.3) is 0 Å². The molecule has 1 aromatic rings. The van der Waals surface area contributed by atoms with Crippen LogP contribution in [0, 0.1) is 5.92 Å². The highest BCUT2D eigenvalue weighted by Gasteiger charge is 2.37. The Bertz CT molecular complexity index is 697. The summed E-state index contributed by atoms with van der Waals surface area (Å²) < 4.78 is 23.4. The molecule has 0 bridgehead atoms. The fourth-order valence-electron chi connectivity index (χ4n) is 3.62. The van der Waals surface area contributed by atoms with Crippen LogP contribution in [-0.2, 0) is 14.6 Å². The molecule has 0 aromatic heterocycles. The van der Waals surface area contributed by atoms with Crippen LogP contribution >= 0.6 is 0 Å². The van der Waals surface area contributed by atoms with E-state index >= 15 is 0 Å². The van der Waals surface area contributed by atoms with Crippen LogP contribution in [0.15, 0.2) is 36.4 Å². The summed E-state index contributed by atoms with van der Waals surface area (Å²) in [6, 6.07) is 10.1. The molecule has 2 aliphatic heterocycles. The van der Waals surface area contributed by atoms with Crippen LogP contribution in [0.5, 0.6) is 0 Å². The number of likely N-dealkylation sites (tertiary alicyclic amines) is 1. The zero-order chi connectivity index (χ0) is 17.0. The van der Waals surface area contributed by atoms with Gasteiger partial charge in [-0.2, -0.15) is 0 Å². The predicted octanol–water partition coefficient (Wildman–Crippen LogP) is 2.91. The smallest absolute Gasteiger partial charge is 0.227 e. The fourth-order valence-corrected chi connectivity index (χ4v) is 5.35. The molecule has 0 N–H and O–H groups in total. The third-order valence-corrected chi connectivity index (χ3v) is 6.74. The van der Waals surface area contributed by atoms with Gasteiger partial charge in [0.15, 0.2) is 9.84 Å². The molecule has 0 radical (unpaired) electrons. The van der Waals surface area contributed by atoms with Crippen molar-refractivity contribution in [2.75, 3.05) is 18.1 Å². The Balaban J connectivity index is 1.75. The maximum absolute atomic E-state index is 12.9. The van der Waals surface area contributed by atoms with E-state index < -0.39 is 9.84 Å². The summed E-state index contributed by atoms with van der Waals surface area (Å²) in [5, 5.41) is 0. The molecule has 24 heavy (non-hydrogen) atoms. The number of nitrogens with zero attached hydrogens (tertiary/aromatic N) is 1. The van der Waals surface area contributed by atoms with Gasteiger partial charge in [0.2, 0.25) is 5.91 Å². The molecule has 1 aromatic carbocycles. The van der Waals surface area contributed by atoms with Gasteiger partial charge in [-0.25, -0.2) is 8.42 Å². The van der Waals surface area contributed by atoms with Gasteiger partial charge in [-0.05, 0) is 24.8 Å². The lowest BCUT2D eigenvalue weighted by molar-refractivity contribution is -0.136. The molecular formula is C19H25NO3S. The van der Waals surface area contributed by atoms with E-state index in [1.165, 1.54) is 0 Å². The van der Waals surface area contributed by atoms with E-state index in [1.807, 2.05) is 35.2 Å². The first-order chi connectivity index (χ1) is 11.6. The monoisotopic (exact) mass is 347 g/mol. The second-order valence-corrected chi connectivity index (χ2v) is 9.05. The lowest BCUT2D eigenvalue weighted by Gasteiger charge is -2.30. The van der Waals surface area contributed by atoms with Crippen LogP contribution in [0.2, 0.25) is 0 Å². The van der Waals surface area contributed by atoms with Gasteiger partial charge in [-0.15, -0.1) is 0 Å². The molecule has 2 unspecified atom stereocenters. The molecule has 2 atom stereocenters. The van der Waals surface area contributed by atoms with Crippen molar-refractivity contribution in [1.82, 2.24) is 4.90 Å². The largest absolute Gasteiger partial charge is 0.336 e. The highest BCUT2D eigenvalue weighted by atomic mass is 32.2. The number of amides is 1. The molecule has 4 nitrogen and oxygen atoms in total. The zero-order valence-corrected chi connectivity index (χ0v) is 14.7. The van der Waals surface area contributed by atoms with Gasteiger partial charge in [0, 0.05) is 6.54 Å². The van der Waals surface area contributed by atoms with E-state index in [-0.39, 0.29) is 29.4 Å². The van der Waals surface area contributed by atoms with E-state index in [9.17, 15) is 13.2 Å². The number of carbonyl (C=O) groups is 1. The lowest BCUT2D eigenvalue weighted by atomic mass is 10.0. The van der Waals surface area contributed by atoms with Crippen LogP contribution < -0.4 is 0 Å². The van der Waals surface area contributed by atoms with Gasteiger partial charge in [0.1, 0.15) is 0 Å². The normalized spacial score (nSPS) is 27.2. The fraction of sp³-hybridized carbons (Fsp3) is 0.526. The summed E-state index contributed by atoms with van der Waals surface area (Å²) in [5.74, 6) is -0.138. The van der Waals surface area contributed by atoms with Gasteiger partial charge >= 0.3 is 0 Å². The topological polar surface area (TPSA) is 54.5 Å². The summed E-state index contributed by atoms with van der Waals surface area (Å²) in [6.07, 6.45) is 8.85. The van der Waals surface area contributed by atoms with Gasteiger partial charge in [-0.1, -0.05) is 55.3 Å². The van der Waals surface area contributed by atoms with Gasteiger partial charge in [-0.3, -0.25) is 4.79 Å². The van der Waals surface area contributed by atoms with Crippen molar-refractivity contribution in [2.24, 2.45) is 5.92 Å². The van der Waals surface area contributed by atoms with Crippen molar-refractivity contribution in [3.8, 4) is 0 Å². The average Bonchev–Trinajstić information content (AvgIpc) is 2.80. The Morgan fingerprint density at radius 3 is 2.58 bits per heavy atom. The quantitative estimate of drug-likeness (QED) is 0.845. The molecule has 0 spiro atoms. The van der Waals surface area contributed by atoms with Crippen molar-refractivity contribution in [2.45, 2.75) is 38.1 Å². The zero-order valence-electron chi connectivity index (χ0n) is 13.9. The maximum Gasteiger partial charge on any atom is 0.227 e. The number of benzene rings is 1. The first-order valence-electron chi connectivity index (χ1n) is 8.79. The van der Waals surface area contributed by atoms with Gasteiger partial charge in [0.05, 0.1) is 23.5 Å². The van der Waals surface area contributed by atoms with Crippen LogP contribution in [0.1, 0.15) is 37.7 Å². The van der Waals surface area contributed by atoms with E-state index in [0.717, 1.165) is 37.8 Å². The molecule has 130 valence electrons. The van der Waals surface area contributed by atoms with Crippen molar-refractivity contribution in [1.29, 1.82) is 0 Å². The van der Waals surface area contributed by atoms with E-state index in [0.29, 0.717) is 6.42 Å². The molecule has 2 heterocycles. The molecular weight excluding hydrogens is 322 g/mol. The molecule has 3 rings (SSSR count). The van der Waals surface area contributed by atoms with Crippen molar-refractivity contribution < 1.29 is 13.2 Å². The molecule has 2 aliphatic rings. The number of rotatable bonds is 3. The highest BCUT2D eigenvalue weighted by Crippen LogP contribution is 2.26. The summed E-state index contributed by atoms with van der Waals surface area (Å²) in [5.41, 5.74) is 1.12. The van der Waals surface area contributed by atoms with Crippen LogP contribution in [0.4, 0.5) is 0 Å². The minimum absolute atomic E-state index is 0.0253. The number of carbonyl (C=O) groups excluding carboxylic acids is 1. The van der Waals surface area contributed by atoms with Crippen LogP contribution in [0.25, 0.3) is 6.08 Å². The Morgan fingerprint density at radius 1 is 1.08 bits per heavy atom. The molecule has 0 aliphatic carbocycles. The Kier molecular flexibility index (Phi) is 5.39. The Hall–Kier alpha value is -1.62. The van der Waals surface area contributed by atoms with Crippen molar-refractivity contribution in [3.63, 3.8) is 0 Å². The summed E-state index contributed by atoms with van der Waals surface area (Å²) in [7, 11) is -3.03. The Labute approximate surface area is 144 Å². The van der Waals surface area contributed by atoms with Crippen LogP contribution in [-0.4, -0.2) is 43.3 Å². The first kappa shape index (κ1) is 17.2. The van der Waals surface area contributed by atoms with E-state index in [4.69, 9.17) is 0 Å². The second kappa shape index (κ2) is 7.51. The van der Waals surface area contributed by atoms with Crippen LogP contribution in [0.3, 0.4) is 0 Å². The lowest BCUT2D eigenvalue weighted by Crippen LogP contribution is -2.42.